The Morgan fingerprint density at radius 1 is 1.06 bits per heavy atom. The van der Waals surface area contributed by atoms with E-state index in [9.17, 15) is 4.39 Å². The van der Waals surface area contributed by atoms with Gasteiger partial charge in [-0.25, -0.2) is 14.4 Å². The number of anilines is 1. The molecule has 0 spiro atoms. The molecule has 0 bridgehead atoms. The number of halogens is 1. The van der Waals surface area contributed by atoms with Crippen molar-refractivity contribution in [2.45, 2.75) is 13.8 Å². The minimum Gasteiger partial charge on any atom is -0.368 e. The average Bonchev–Trinajstić information content (AvgIpc) is 2.14. The third-order valence-corrected chi connectivity index (χ3v) is 2.21. The lowest BCUT2D eigenvalue weighted by Crippen LogP contribution is -1.98. The predicted molar refractivity (Wildman–Crippen MR) is 61.3 cm³/mol. The molecule has 82 valence electrons. The van der Waals surface area contributed by atoms with E-state index in [4.69, 9.17) is 5.73 Å². The Kier molecular flexibility index (Phi) is 2.56. The molecule has 0 aliphatic rings. The van der Waals surface area contributed by atoms with Gasteiger partial charge >= 0.3 is 0 Å². The topological polar surface area (TPSA) is 51.8 Å². The van der Waals surface area contributed by atoms with Crippen LogP contribution < -0.4 is 5.73 Å². The van der Waals surface area contributed by atoms with Gasteiger partial charge in [-0.05, 0) is 43.7 Å². The van der Waals surface area contributed by atoms with E-state index in [0.29, 0.717) is 5.69 Å². The molecule has 1 aromatic carbocycles. The van der Waals surface area contributed by atoms with Gasteiger partial charge in [-0.1, -0.05) is 0 Å². The lowest BCUT2D eigenvalue weighted by Gasteiger charge is -2.04. The molecular weight excluding hydrogens is 205 g/mol. The van der Waals surface area contributed by atoms with E-state index >= 15 is 0 Å². The number of aromatic nitrogens is 2. The quantitative estimate of drug-likeness (QED) is 0.798. The zero-order valence-electron chi connectivity index (χ0n) is 9.16. The zero-order chi connectivity index (χ0) is 11.7. The fourth-order valence-corrected chi connectivity index (χ4v) is 1.62. The fraction of sp³-hybridized carbons (Fsp3) is 0.167. The minimum absolute atomic E-state index is 0.205. The van der Waals surface area contributed by atoms with Gasteiger partial charge < -0.3 is 5.73 Å². The number of nitrogen functional groups attached to an aromatic ring is 1. The average molecular weight is 217 g/mol. The molecule has 1 heterocycles. The van der Waals surface area contributed by atoms with E-state index in [1.165, 1.54) is 12.1 Å². The Morgan fingerprint density at radius 2 is 1.81 bits per heavy atom. The second-order valence-corrected chi connectivity index (χ2v) is 3.77. The summed E-state index contributed by atoms with van der Waals surface area (Å²) >= 11 is 0. The van der Waals surface area contributed by atoms with Gasteiger partial charge in [0.1, 0.15) is 5.82 Å². The van der Waals surface area contributed by atoms with E-state index < -0.39 is 0 Å². The fourth-order valence-electron chi connectivity index (χ4n) is 1.62. The van der Waals surface area contributed by atoms with Gasteiger partial charge in [0, 0.05) is 11.3 Å². The van der Waals surface area contributed by atoms with Crippen molar-refractivity contribution in [2.75, 3.05) is 5.73 Å². The Bertz CT molecular complexity index is 448. The lowest BCUT2D eigenvalue weighted by atomic mass is 10.1. The first-order valence-electron chi connectivity index (χ1n) is 4.93. The monoisotopic (exact) mass is 217 g/mol. The van der Waals surface area contributed by atoms with E-state index in [0.717, 1.165) is 16.8 Å². The first kappa shape index (κ1) is 10.5. The number of aryl methyl sites for hydroxylation is 2. The van der Waals surface area contributed by atoms with Gasteiger partial charge in [0.25, 0.3) is 0 Å². The molecule has 0 aliphatic heterocycles. The van der Waals surface area contributed by atoms with Gasteiger partial charge in [0.2, 0.25) is 5.95 Å². The molecule has 0 fully saturated rings. The van der Waals surface area contributed by atoms with Crippen LogP contribution in [0.3, 0.4) is 0 Å². The van der Waals surface area contributed by atoms with E-state index in [1.54, 1.807) is 6.07 Å². The molecule has 1 aromatic heterocycles. The normalized spacial score (nSPS) is 10.4. The van der Waals surface area contributed by atoms with Crippen molar-refractivity contribution in [1.29, 1.82) is 0 Å². The molecular formula is C12H12FN3. The molecule has 0 amide bonds. The number of nitrogens with zero attached hydrogens (tertiary/aromatic N) is 2. The molecule has 2 N–H and O–H groups in total. The molecule has 2 rings (SSSR count). The van der Waals surface area contributed by atoms with Crippen LogP contribution in [0.2, 0.25) is 0 Å². The number of hydrogen-bond donors (Lipinski definition) is 1. The van der Waals surface area contributed by atoms with Crippen LogP contribution in [-0.4, -0.2) is 9.97 Å². The van der Waals surface area contributed by atoms with Crippen LogP contribution >= 0.6 is 0 Å². The van der Waals surface area contributed by atoms with Crippen molar-refractivity contribution in [3.8, 4) is 11.3 Å². The third kappa shape index (κ3) is 2.16. The predicted octanol–water partition coefficient (Wildman–Crippen LogP) is 2.48. The van der Waals surface area contributed by atoms with Crippen molar-refractivity contribution in [2.24, 2.45) is 0 Å². The third-order valence-electron chi connectivity index (χ3n) is 2.21. The molecule has 2 aromatic rings. The van der Waals surface area contributed by atoms with Crippen molar-refractivity contribution in [1.82, 2.24) is 9.97 Å². The summed E-state index contributed by atoms with van der Waals surface area (Å²) in [4.78, 5) is 8.06. The molecule has 0 aliphatic carbocycles. The highest BCUT2D eigenvalue weighted by atomic mass is 19.1. The Labute approximate surface area is 93.2 Å². The van der Waals surface area contributed by atoms with Gasteiger partial charge in [-0.2, -0.15) is 0 Å². The van der Waals surface area contributed by atoms with E-state index in [-0.39, 0.29) is 11.8 Å². The first-order chi connectivity index (χ1) is 7.54. The second kappa shape index (κ2) is 3.89. The number of nitrogens with two attached hydrogens (primary N) is 1. The van der Waals surface area contributed by atoms with Crippen LogP contribution in [0.1, 0.15) is 11.3 Å². The smallest absolute Gasteiger partial charge is 0.220 e. The van der Waals surface area contributed by atoms with Gasteiger partial charge in [0.05, 0.1) is 5.69 Å². The van der Waals surface area contributed by atoms with Crippen LogP contribution in [-0.2, 0) is 0 Å². The highest BCUT2D eigenvalue weighted by molar-refractivity contribution is 5.61. The van der Waals surface area contributed by atoms with Crippen LogP contribution in [0.15, 0.2) is 24.3 Å². The highest BCUT2D eigenvalue weighted by Crippen LogP contribution is 2.21. The first-order valence-corrected chi connectivity index (χ1v) is 4.93. The number of benzene rings is 1. The maximum atomic E-state index is 13.2. The molecule has 0 atom stereocenters. The Balaban J connectivity index is 2.57. The van der Waals surface area contributed by atoms with Crippen LogP contribution in [0, 0.1) is 19.7 Å². The van der Waals surface area contributed by atoms with Gasteiger partial charge in [-0.15, -0.1) is 0 Å². The van der Waals surface area contributed by atoms with Crippen LogP contribution in [0.25, 0.3) is 11.3 Å². The summed E-state index contributed by atoms with van der Waals surface area (Å²) < 4.78 is 13.2. The summed E-state index contributed by atoms with van der Waals surface area (Å²) in [5.74, 6) is -0.0678. The Morgan fingerprint density at radius 3 is 2.44 bits per heavy atom. The van der Waals surface area contributed by atoms with Gasteiger partial charge in [0.15, 0.2) is 0 Å². The van der Waals surface area contributed by atoms with Gasteiger partial charge in [-0.3, -0.25) is 0 Å². The maximum Gasteiger partial charge on any atom is 0.220 e. The standard InChI is InChI=1S/C12H12FN3/c1-7-3-9(6-10(13)4-7)11-5-8(2)15-12(14)16-11/h3-6H,1-2H3,(H2,14,15,16). The molecule has 16 heavy (non-hydrogen) atoms. The number of hydrogen-bond acceptors (Lipinski definition) is 3. The molecule has 3 nitrogen and oxygen atoms in total. The van der Waals surface area contributed by atoms with Crippen molar-refractivity contribution in [3.05, 3.63) is 41.3 Å². The SMILES string of the molecule is Cc1cc(F)cc(-c2cc(C)nc(N)n2)c1. The molecule has 4 heteroatoms. The number of rotatable bonds is 1. The van der Waals surface area contributed by atoms with Crippen molar-refractivity contribution < 1.29 is 4.39 Å². The summed E-state index contributed by atoms with van der Waals surface area (Å²) in [6, 6.07) is 6.56. The molecule has 0 saturated heterocycles. The van der Waals surface area contributed by atoms with Crippen molar-refractivity contribution >= 4 is 5.95 Å². The largest absolute Gasteiger partial charge is 0.368 e. The summed E-state index contributed by atoms with van der Waals surface area (Å²) in [5, 5.41) is 0. The second-order valence-electron chi connectivity index (χ2n) is 3.77. The zero-order valence-corrected chi connectivity index (χ0v) is 9.16. The molecule has 0 unspecified atom stereocenters. The maximum absolute atomic E-state index is 13.2. The Hall–Kier alpha value is -1.97. The summed E-state index contributed by atoms with van der Waals surface area (Å²) in [6.45, 7) is 3.66. The molecule has 0 saturated carbocycles. The minimum atomic E-state index is -0.273. The highest BCUT2D eigenvalue weighted by Gasteiger charge is 2.05. The van der Waals surface area contributed by atoms with Crippen LogP contribution in [0.4, 0.5) is 10.3 Å². The van der Waals surface area contributed by atoms with Crippen molar-refractivity contribution in [3.63, 3.8) is 0 Å². The summed E-state index contributed by atoms with van der Waals surface area (Å²) in [7, 11) is 0. The summed E-state index contributed by atoms with van der Waals surface area (Å²) in [5.41, 5.74) is 8.54. The summed E-state index contributed by atoms with van der Waals surface area (Å²) in [6.07, 6.45) is 0. The molecule has 0 radical (unpaired) electrons. The van der Waals surface area contributed by atoms with Crippen LogP contribution in [0.5, 0.6) is 0 Å². The lowest BCUT2D eigenvalue weighted by molar-refractivity contribution is 0.627. The van der Waals surface area contributed by atoms with E-state index in [2.05, 4.69) is 9.97 Å². The van der Waals surface area contributed by atoms with E-state index in [1.807, 2.05) is 19.9 Å².